The standard InChI is InChI=1S/C20H23N.ClH/c1-21(2)15-7-12-20-18-10-5-3-8-16(18)13-14-17-9-4-6-11-19(17)20;/h3-6,8-12H,7,13-15H2,1-2H3;1H/i1+1,2+1,15+1;. The van der Waals surface area contributed by atoms with E-state index in [4.69, 9.17) is 0 Å². The van der Waals surface area contributed by atoms with Crippen LogP contribution in [0.25, 0.3) is 5.57 Å². The molecule has 0 N–H and O–H groups in total. The maximum atomic E-state index is 2.42. The Morgan fingerprint density at radius 1 is 0.864 bits per heavy atom. The Labute approximate surface area is 140 Å². The van der Waals surface area contributed by atoms with Gasteiger partial charge in [0.05, 0.1) is 0 Å². The van der Waals surface area contributed by atoms with Crippen molar-refractivity contribution < 1.29 is 0 Å². The second kappa shape index (κ2) is 7.62. The summed E-state index contributed by atoms with van der Waals surface area (Å²) >= 11 is 0. The smallest absolute Gasteiger partial charge is 0.00101 e. The van der Waals surface area contributed by atoms with Crippen molar-refractivity contribution in [1.29, 1.82) is 0 Å². The van der Waals surface area contributed by atoms with E-state index in [-0.39, 0.29) is 12.4 Å². The zero-order chi connectivity index (χ0) is 14.7. The van der Waals surface area contributed by atoms with Crippen LogP contribution in [0.2, 0.25) is 0 Å². The minimum atomic E-state index is 0. The molecular formula is C20H24ClN. The number of benzene rings is 2. The summed E-state index contributed by atoms with van der Waals surface area (Å²) in [5.41, 5.74) is 7.21. The van der Waals surface area contributed by atoms with Crippen LogP contribution in [0.15, 0.2) is 54.6 Å². The molecule has 0 fully saturated rings. The van der Waals surface area contributed by atoms with E-state index in [1.54, 1.807) is 0 Å². The Balaban J connectivity index is 0.00000176. The highest BCUT2D eigenvalue weighted by Gasteiger charge is 2.16. The monoisotopic (exact) mass is 316 g/mol. The van der Waals surface area contributed by atoms with E-state index in [1.165, 1.54) is 27.8 Å². The molecule has 2 aromatic rings. The SMILES string of the molecule is Cl.[13CH3]N([13CH3])[13CH2]CC=C1c2ccccc2CCc2ccccc21. The summed E-state index contributed by atoms with van der Waals surface area (Å²) in [5, 5.41) is 0. The highest BCUT2D eigenvalue weighted by atomic mass is 35.5. The maximum Gasteiger partial charge on any atom is 0.00101 e. The molecule has 2 heteroatoms. The molecule has 1 nitrogen and oxygen atoms in total. The average Bonchev–Trinajstić information content (AvgIpc) is 2.65. The van der Waals surface area contributed by atoms with Crippen LogP contribution in [0.5, 0.6) is 0 Å². The fourth-order valence-corrected chi connectivity index (χ4v) is 3.10. The molecule has 0 heterocycles. The van der Waals surface area contributed by atoms with Gasteiger partial charge in [0, 0.05) is 6.54 Å². The Kier molecular flexibility index (Phi) is 5.82. The molecule has 0 unspecified atom stereocenters. The van der Waals surface area contributed by atoms with Crippen LogP contribution in [-0.2, 0) is 12.8 Å². The minimum Gasteiger partial charge on any atom is -0.309 e. The molecule has 1 aliphatic carbocycles. The molecular weight excluding hydrogens is 293 g/mol. The van der Waals surface area contributed by atoms with Gasteiger partial charge >= 0.3 is 0 Å². The summed E-state index contributed by atoms with van der Waals surface area (Å²) in [6, 6.07) is 17.7. The van der Waals surface area contributed by atoms with Gasteiger partial charge in [-0.2, -0.15) is 0 Å². The zero-order valence-corrected chi connectivity index (χ0v) is 14.2. The Bertz CT molecular complexity index is 609. The van der Waals surface area contributed by atoms with E-state index in [1.807, 2.05) is 0 Å². The topological polar surface area (TPSA) is 3.24 Å². The Morgan fingerprint density at radius 2 is 1.36 bits per heavy atom. The van der Waals surface area contributed by atoms with Crippen LogP contribution in [0.3, 0.4) is 0 Å². The summed E-state index contributed by atoms with van der Waals surface area (Å²) in [6.45, 7) is 1.09. The van der Waals surface area contributed by atoms with E-state index >= 15 is 0 Å². The van der Waals surface area contributed by atoms with E-state index in [0.717, 1.165) is 25.8 Å². The van der Waals surface area contributed by atoms with Gasteiger partial charge in [-0.15, -0.1) is 12.4 Å². The predicted molar refractivity (Wildman–Crippen MR) is 97.8 cm³/mol. The first-order valence-electron chi connectivity index (χ1n) is 7.77. The van der Waals surface area contributed by atoms with E-state index in [2.05, 4.69) is 73.6 Å². The number of fused-ring (bicyclic) bond motifs is 2. The third-order valence-electron chi connectivity index (χ3n) is 4.20. The fraction of sp³-hybridized carbons (Fsp3) is 0.300. The lowest BCUT2D eigenvalue weighted by molar-refractivity contribution is 0.417. The van der Waals surface area contributed by atoms with E-state index in [0.29, 0.717) is 0 Å². The van der Waals surface area contributed by atoms with Gasteiger partial charge in [0.1, 0.15) is 0 Å². The van der Waals surface area contributed by atoms with Gasteiger partial charge in [0.25, 0.3) is 0 Å². The zero-order valence-electron chi connectivity index (χ0n) is 13.4. The molecule has 0 amide bonds. The summed E-state index contributed by atoms with van der Waals surface area (Å²) in [6.07, 6.45) is 5.78. The number of hydrogen-bond acceptors (Lipinski definition) is 1. The lowest BCUT2D eigenvalue weighted by Gasteiger charge is -2.13. The van der Waals surface area contributed by atoms with Crippen molar-refractivity contribution in [3.63, 3.8) is 0 Å². The molecule has 0 radical (unpaired) electrons. The third-order valence-corrected chi connectivity index (χ3v) is 4.20. The van der Waals surface area contributed by atoms with Gasteiger partial charge in [-0.05, 0) is 61.2 Å². The number of nitrogens with zero attached hydrogens (tertiary/aromatic N) is 1. The number of hydrogen-bond donors (Lipinski definition) is 0. The average molecular weight is 317 g/mol. The Morgan fingerprint density at radius 3 is 1.86 bits per heavy atom. The van der Waals surface area contributed by atoms with Gasteiger partial charge in [-0.1, -0.05) is 54.6 Å². The van der Waals surface area contributed by atoms with Crippen molar-refractivity contribution in [3.05, 3.63) is 76.9 Å². The van der Waals surface area contributed by atoms with Crippen molar-refractivity contribution in [1.82, 2.24) is 4.90 Å². The summed E-state index contributed by atoms with van der Waals surface area (Å²) < 4.78 is 0. The van der Waals surface area contributed by atoms with Gasteiger partial charge < -0.3 is 4.90 Å². The minimum absolute atomic E-state index is 0. The molecule has 3 rings (SSSR count). The van der Waals surface area contributed by atoms with Crippen LogP contribution >= 0.6 is 12.4 Å². The van der Waals surface area contributed by atoms with Crippen molar-refractivity contribution in [2.24, 2.45) is 0 Å². The highest BCUT2D eigenvalue weighted by Crippen LogP contribution is 2.33. The summed E-state index contributed by atoms with van der Waals surface area (Å²) in [5.74, 6) is 0. The largest absolute Gasteiger partial charge is 0.309 e. The third kappa shape index (κ3) is 3.60. The van der Waals surface area contributed by atoms with Gasteiger partial charge in [0.15, 0.2) is 0 Å². The van der Waals surface area contributed by atoms with Gasteiger partial charge in [-0.3, -0.25) is 0 Å². The first-order valence-corrected chi connectivity index (χ1v) is 7.77. The number of halogens is 1. The second-order valence-corrected chi connectivity index (χ2v) is 6.02. The molecule has 2 aromatic carbocycles. The summed E-state index contributed by atoms with van der Waals surface area (Å²) in [4.78, 5) is 2.24. The molecule has 116 valence electrons. The molecule has 0 atom stereocenters. The molecule has 0 bridgehead atoms. The first kappa shape index (κ1) is 16.8. The number of aryl methyl sites for hydroxylation is 2. The normalized spacial score (nSPS) is 13.0. The van der Waals surface area contributed by atoms with Crippen LogP contribution in [0.4, 0.5) is 0 Å². The van der Waals surface area contributed by atoms with Gasteiger partial charge in [-0.25, -0.2) is 0 Å². The molecule has 0 spiro atoms. The molecule has 22 heavy (non-hydrogen) atoms. The van der Waals surface area contributed by atoms with Crippen LogP contribution in [0.1, 0.15) is 28.7 Å². The summed E-state index contributed by atoms with van der Waals surface area (Å²) in [7, 11) is 4.26. The van der Waals surface area contributed by atoms with Crippen molar-refractivity contribution in [2.45, 2.75) is 19.3 Å². The molecule has 0 aromatic heterocycles. The van der Waals surface area contributed by atoms with Crippen LogP contribution in [-0.4, -0.2) is 25.5 Å². The molecule has 0 saturated carbocycles. The van der Waals surface area contributed by atoms with Crippen molar-refractivity contribution in [2.75, 3.05) is 20.6 Å². The molecule has 0 aliphatic heterocycles. The lowest BCUT2D eigenvalue weighted by atomic mass is 9.94. The molecule has 0 saturated heterocycles. The predicted octanol–water partition coefficient (Wildman–Crippen LogP) is 4.59. The quantitative estimate of drug-likeness (QED) is 0.749. The van der Waals surface area contributed by atoms with E-state index < -0.39 is 0 Å². The van der Waals surface area contributed by atoms with Crippen LogP contribution in [0, 0.1) is 0 Å². The fourth-order valence-electron chi connectivity index (χ4n) is 3.10. The van der Waals surface area contributed by atoms with Crippen molar-refractivity contribution >= 4 is 18.0 Å². The second-order valence-electron chi connectivity index (χ2n) is 6.02. The first-order chi connectivity index (χ1) is 10.3. The Hall–Kier alpha value is -1.57. The highest BCUT2D eigenvalue weighted by molar-refractivity contribution is 5.85. The number of rotatable bonds is 3. The van der Waals surface area contributed by atoms with Crippen LogP contribution < -0.4 is 0 Å². The van der Waals surface area contributed by atoms with Gasteiger partial charge in [0.2, 0.25) is 0 Å². The lowest BCUT2D eigenvalue weighted by Crippen LogP contribution is -2.12. The maximum absolute atomic E-state index is 2.42. The van der Waals surface area contributed by atoms with Crippen molar-refractivity contribution in [3.8, 4) is 0 Å². The molecule has 1 aliphatic rings. The van der Waals surface area contributed by atoms with E-state index in [9.17, 15) is 0 Å².